The smallest absolute Gasteiger partial charge is 0.326 e. The van der Waals surface area contributed by atoms with Gasteiger partial charge in [0, 0.05) is 6.20 Å². The van der Waals surface area contributed by atoms with E-state index in [9.17, 15) is 4.79 Å². The lowest BCUT2D eigenvalue weighted by molar-refractivity contribution is -0.142. The van der Waals surface area contributed by atoms with Crippen LogP contribution >= 0.6 is 0 Å². The van der Waals surface area contributed by atoms with Gasteiger partial charge in [-0.05, 0) is 12.1 Å². The highest BCUT2D eigenvalue weighted by Gasteiger charge is 2.15. The Morgan fingerprint density at radius 2 is 2.28 bits per heavy atom. The third kappa shape index (κ3) is 2.51. The number of hydrogen-bond acceptors (Lipinski definition) is 7. The maximum atomic E-state index is 11.1. The van der Waals surface area contributed by atoms with Crippen molar-refractivity contribution in [2.24, 2.45) is 5.73 Å². The fourth-order valence-corrected chi connectivity index (χ4v) is 1.38. The number of carbonyl (C=O) groups is 1. The summed E-state index contributed by atoms with van der Waals surface area (Å²) in [5.41, 5.74) is 6.08. The van der Waals surface area contributed by atoms with Gasteiger partial charge < -0.3 is 15.2 Å². The molecule has 0 saturated heterocycles. The zero-order chi connectivity index (χ0) is 13.0. The van der Waals surface area contributed by atoms with Crippen LogP contribution in [0.5, 0.6) is 5.88 Å². The zero-order valence-electron chi connectivity index (χ0n) is 9.74. The first kappa shape index (κ1) is 12.2. The van der Waals surface area contributed by atoms with E-state index in [0.29, 0.717) is 16.9 Å². The number of methoxy groups -OCH3 is 1. The van der Waals surface area contributed by atoms with Crippen LogP contribution in [0, 0.1) is 0 Å². The fraction of sp³-hybridized carbons (Fsp3) is 0.273. The number of ether oxygens (including phenoxy) is 2. The summed E-state index contributed by atoms with van der Waals surface area (Å²) in [6.07, 6.45) is 2.97. The molecule has 0 saturated carbocycles. The summed E-state index contributed by atoms with van der Waals surface area (Å²) in [5, 5.41) is 0.664. The largest absolute Gasteiger partial charge is 0.475 e. The Balaban J connectivity index is 2.15. The van der Waals surface area contributed by atoms with E-state index in [-0.39, 0.29) is 6.61 Å². The number of rotatable bonds is 4. The molecule has 0 bridgehead atoms. The Bertz CT molecular complexity index is 555. The van der Waals surface area contributed by atoms with Gasteiger partial charge in [-0.3, -0.25) is 4.79 Å². The van der Waals surface area contributed by atoms with E-state index >= 15 is 0 Å². The molecule has 0 aliphatic rings. The number of esters is 1. The minimum Gasteiger partial charge on any atom is -0.475 e. The van der Waals surface area contributed by atoms with Crippen molar-refractivity contribution < 1.29 is 14.3 Å². The van der Waals surface area contributed by atoms with E-state index in [1.54, 1.807) is 18.3 Å². The molecule has 0 aromatic carbocycles. The molecule has 18 heavy (non-hydrogen) atoms. The first-order valence-electron chi connectivity index (χ1n) is 5.24. The molecule has 2 heterocycles. The highest BCUT2D eigenvalue weighted by molar-refractivity contribution is 5.79. The van der Waals surface area contributed by atoms with Crippen molar-refractivity contribution in [3.8, 4) is 5.88 Å². The van der Waals surface area contributed by atoms with Crippen LogP contribution in [0.25, 0.3) is 11.0 Å². The topological polar surface area (TPSA) is 100 Å². The van der Waals surface area contributed by atoms with Crippen molar-refractivity contribution >= 4 is 17.0 Å². The molecule has 0 spiro atoms. The van der Waals surface area contributed by atoms with Gasteiger partial charge in [-0.15, -0.1) is 0 Å². The van der Waals surface area contributed by atoms with Crippen molar-refractivity contribution in [1.82, 2.24) is 15.0 Å². The molecule has 1 atom stereocenters. The Kier molecular flexibility index (Phi) is 3.63. The van der Waals surface area contributed by atoms with E-state index in [4.69, 9.17) is 10.5 Å². The highest BCUT2D eigenvalue weighted by atomic mass is 16.5. The zero-order valence-corrected chi connectivity index (χ0v) is 9.74. The summed E-state index contributed by atoms with van der Waals surface area (Å²) in [6.45, 7) is -0.0202. The minimum absolute atomic E-state index is 0.0202. The van der Waals surface area contributed by atoms with Gasteiger partial charge in [0.1, 0.15) is 19.0 Å². The summed E-state index contributed by atoms with van der Waals surface area (Å²) in [4.78, 5) is 23.2. The second-order valence-electron chi connectivity index (χ2n) is 3.49. The second kappa shape index (κ2) is 5.37. The number of pyridine rings is 1. The van der Waals surface area contributed by atoms with Gasteiger partial charge in [-0.2, -0.15) is 0 Å². The van der Waals surface area contributed by atoms with Gasteiger partial charge in [0.05, 0.1) is 12.5 Å². The molecule has 2 N–H and O–H groups in total. The molecule has 1 unspecified atom stereocenters. The van der Waals surface area contributed by atoms with Crippen molar-refractivity contribution in [2.45, 2.75) is 6.04 Å². The number of fused-ring (bicyclic) bond motifs is 1. The second-order valence-corrected chi connectivity index (χ2v) is 3.49. The predicted octanol–water partition coefficient (Wildman–Crippen LogP) is -0.0961. The first-order valence-corrected chi connectivity index (χ1v) is 5.24. The van der Waals surface area contributed by atoms with Crippen LogP contribution in [0.3, 0.4) is 0 Å². The quantitative estimate of drug-likeness (QED) is 0.754. The Labute approximate surface area is 103 Å². The lowest BCUT2D eigenvalue weighted by atomic mass is 10.3. The van der Waals surface area contributed by atoms with Crippen LogP contribution in [0.1, 0.15) is 0 Å². The van der Waals surface area contributed by atoms with Gasteiger partial charge in [0.2, 0.25) is 5.88 Å². The molecule has 2 rings (SSSR count). The molecule has 0 radical (unpaired) electrons. The van der Waals surface area contributed by atoms with Crippen molar-refractivity contribution in [3.63, 3.8) is 0 Å². The molecule has 0 aliphatic heterocycles. The van der Waals surface area contributed by atoms with Gasteiger partial charge >= 0.3 is 5.97 Å². The van der Waals surface area contributed by atoms with Gasteiger partial charge in [0.25, 0.3) is 0 Å². The third-order valence-corrected chi connectivity index (χ3v) is 2.28. The van der Waals surface area contributed by atoms with E-state index in [1.165, 1.54) is 13.4 Å². The number of nitrogens with zero attached hydrogens (tertiary/aromatic N) is 3. The van der Waals surface area contributed by atoms with E-state index in [2.05, 4.69) is 19.7 Å². The normalized spacial score (nSPS) is 12.1. The standard InChI is InChI=1S/C11H12N4O3/c1-17-11(16)8(12)5-18-10-7-3-2-4-13-9(7)14-6-15-10/h2-4,6,8H,5,12H2,1H3. The average Bonchev–Trinajstić information content (AvgIpc) is 2.43. The van der Waals surface area contributed by atoms with Crippen LogP contribution in [0.2, 0.25) is 0 Å². The summed E-state index contributed by atoms with van der Waals surface area (Å²) in [6, 6.07) is 2.68. The lowest BCUT2D eigenvalue weighted by Gasteiger charge is -2.11. The Morgan fingerprint density at radius 3 is 3.06 bits per heavy atom. The van der Waals surface area contributed by atoms with E-state index in [0.717, 1.165) is 0 Å². The Morgan fingerprint density at radius 1 is 1.44 bits per heavy atom. The molecule has 7 nitrogen and oxygen atoms in total. The monoisotopic (exact) mass is 248 g/mol. The molecule has 94 valence electrons. The maximum Gasteiger partial charge on any atom is 0.326 e. The summed E-state index contributed by atoms with van der Waals surface area (Å²) >= 11 is 0. The van der Waals surface area contributed by atoms with E-state index < -0.39 is 12.0 Å². The van der Waals surface area contributed by atoms with Crippen LogP contribution in [0.4, 0.5) is 0 Å². The SMILES string of the molecule is COC(=O)C(N)COc1ncnc2ncccc12. The highest BCUT2D eigenvalue weighted by Crippen LogP contribution is 2.18. The molecular weight excluding hydrogens is 236 g/mol. The summed E-state index contributed by atoms with van der Waals surface area (Å²) in [5.74, 6) is -0.195. The van der Waals surface area contributed by atoms with Crippen molar-refractivity contribution in [3.05, 3.63) is 24.7 Å². The average molecular weight is 248 g/mol. The van der Waals surface area contributed by atoms with Crippen LogP contribution < -0.4 is 10.5 Å². The van der Waals surface area contributed by atoms with Gasteiger partial charge in [-0.1, -0.05) is 0 Å². The molecule has 2 aromatic heterocycles. The van der Waals surface area contributed by atoms with Crippen LogP contribution in [-0.2, 0) is 9.53 Å². The maximum absolute atomic E-state index is 11.1. The summed E-state index contributed by atoms with van der Waals surface area (Å²) in [7, 11) is 1.27. The summed E-state index contributed by atoms with van der Waals surface area (Å²) < 4.78 is 9.89. The molecule has 0 fully saturated rings. The van der Waals surface area contributed by atoms with Gasteiger partial charge in [-0.25, -0.2) is 15.0 Å². The Hall–Kier alpha value is -2.28. The lowest BCUT2D eigenvalue weighted by Crippen LogP contribution is -2.37. The van der Waals surface area contributed by atoms with Crippen LogP contribution in [-0.4, -0.2) is 40.7 Å². The first-order chi connectivity index (χ1) is 8.72. The fourth-order valence-electron chi connectivity index (χ4n) is 1.38. The van der Waals surface area contributed by atoms with Crippen LogP contribution in [0.15, 0.2) is 24.7 Å². The van der Waals surface area contributed by atoms with Gasteiger partial charge in [0.15, 0.2) is 5.65 Å². The number of carbonyl (C=O) groups excluding carboxylic acids is 1. The molecule has 2 aromatic rings. The van der Waals surface area contributed by atoms with Crippen molar-refractivity contribution in [1.29, 1.82) is 0 Å². The predicted molar refractivity (Wildman–Crippen MR) is 62.8 cm³/mol. The molecular formula is C11H12N4O3. The molecule has 0 amide bonds. The van der Waals surface area contributed by atoms with E-state index in [1.807, 2.05) is 0 Å². The number of nitrogens with two attached hydrogens (primary N) is 1. The van der Waals surface area contributed by atoms with Crippen molar-refractivity contribution in [2.75, 3.05) is 13.7 Å². The molecule has 0 aliphatic carbocycles. The molecule has 7 heteroatoms. The number of aromatic nitrogens is 3. The minimum atomic E-state index is -0.850. The number of hydrogen-bond donors (Lipinski definition) is 1. The third-order valence-electron chi connectivity index (χ3n) is 2.28.